The minimum atomic E-state index is -0.576. The van der Waals surface area contributed by atoms with Crippen molar-refractivity contribution < 1.29 is 9.53 Å². The Labute approximate surface area is 168 Å². The van der Waals surface area contributed by atoms with Gasteiger partial charge in [-0.1, -0.05) is 37.6 Å². The first-order valence-electron chi connectivity index (χ1n) is 10.2. The number of amides is 1. The van der Waals surface area contributed by atoms with Crippen molar-refractivity contribution in [3.05, 3.63) is 54.2 Å². The average Bonchev–Trinajstić information content (AvgIpc) is 2.68. The zero-order valence-electron chi connectivity index (χ0n) is 17.4. The molecule has 5 nitrogen and oxygen atoms in total. The van der Waals surface area contributed by atoms with Crippen LogP contribution in [0.15, 0.2) is 48.7 Å². The SMILES string of the molecule is CCN1CCCCC1c1ccc(N(C(=O)OC(C)(C)C)c2ccccc2)nc1. The van der Waals surface area contributed by atoms with Crippen molar-refractivity contribution in [2.24, 2.45) is 0 Å². The lowest BCUT2D eigenvalue weighted by molar-refractivity contribution is 0.0598. The summed E-state index contributed by atoms with van der Waals surface area (Å²) >= 11 is 0. The topological polar surface area (TPSA) is 45.7 Å². The van der Waals surface area contributed by atoms with Crippen molar-refractivity contribution in [1.29, 1.82) is 0 Å². The molecule has 1 amide bonds. The van der Waals surface area contributed by atoms with Gasteiger partial charge in [-0.15, -0.1) is 0 Å². The van der Waals surface area contributed by atoms with Gasteiger partial charge in [0.05, 0.1) is 5.69 Å². The molecule has 5 heteroatoms. The lowest BCUT2D eigenvalue weighted by Gasteiger charge is -2.35. The third-order valence-electron chi connectivity index (χ3n) is 4.99. The summed E-state index contributed by atoms with van der Waals surface area (Å²) in [4.78, 5) is 21.6. The predicted octanol–water partition coefficient (Wildman–Crippen LogP) is 5.70. The third kappa shape index (κ3) is 4.90. The number of hydrogen-bond acceptors (Lipinski definition) is 4. The Bertz CT molecular complexity index is 769. The first-order valence-corrected chi connectivity index (χ1v) is 10.2. The lowest BCUT2D eigenvalue weighted by Crippen LogP contribution is -2.35. The summed E-state index contributed by atoms with van der Waals surface area (Å²) in [6.07, 6.45) is 5.15. The molecule has 3 rings (SSSR count). The minimum absolute atomic E-state index is 0.409. The summed E-state index contributed by atoms with van der Waals surface area (Å²) in [7, 11) is 0. The van der Waals surface area contributed by atoms with Gasteiger partial charge in [0.15, 0.2) is 0 Å². The number of anilines is 2. The van der Waals surface area contributed by atoms with Gasteiger partial charge in [0.2, 0.25) is 0 Å². The molecular formula is C23H31N3O2. The molecule has 1 aliphatic heterocycles. The van der Waals surface area contributed by atoms with Crippen molar-refractivity contribution in [3.8, 4) is 0 Å². The van der Waals surface area contributed by atoms with Crippen molar-refractivity contribution in [2.75, 3.05) is 18.0 Å². The Hall–Kier alpha value is -2.40. The second-order valence-electron chi connectivity index (χ2n) is 8.24. The second-order valence-corrected chi connectivity index (χ2v) is 8.24. The largest absolute Gasteiger partial charge is 0.443 e. The molecule has 2 heterocycles. The van der Waals surface area contributed by atoms with E-state index >= 15 is 0 Å². The molecule has 1 aromatic heterocycles. The Balaban J connectivity index is 1.89. The maximum atomic E-state index is 12.9. The summed E-state index contributed by atoms with van der Waals surface area (Å²) in [6.45, 7) is 9.99. The van der Waals surface area contributed by atoms with Gasteiger partial charge in [0, 0.05) is 12.2 Å². The van der Waals surface area contributed by atoms with E-state index in [0.717, 1.165) is 25.2 Å². The van der Waals surface area contributed by atoms with Gasteiger partial charge >= 0.3 is 6.09 Å². The zero-order chi connectivity index (χ0) is 20.1. The molecule has 1 atom stereocenters. The standard InChI is InChI=1S/C23H31N3O2/c1-5-25-16-10-9-13-20(25)18-14-15-21(24-17-18)26(19-11-7-6-8-12-19)22(27)28-23(2,3)4/h6-8,11-12,14-15,17,20H,5,9-10,13,16H2,1-4H3. The van der Waals surface area contributed by atoms with Crippen LogP contribution in [0.3, 0.4) is 0 Å². The quantitative estimate of drug-likeness (QED) is 0.681. The molecule has 1 saturated heterocycles. The first-order chi connectivity index (χ1) is 13.4. The van der Waals surface area contributed by atoms with Gasteiger partial charge in [-0.3, -0.25) is 4.90 Å². The molecule has 1 fully saturated rings. The maximum Gasteiger partial charge on any atom is 0.420 e. The highest BCUT2D eigenvalue weighted by Crippen LogP contribution is 2.32. The number of piperidine rings is 1. The molecule has 0 aliphatic carbocycles. The Kier molecular flexibility index (Phi) is 6.35. The van der Waals surface area contributed by atoms with E-state index in [0.29, 0.717) is 11.9 Å². The summed E-state index contributed by atoms with van der Waals surface area (Å²) in [5.41, 5.74) is 1.38. The molecule has 1 unspecified atom stereocenters. The Morgan fingerprint density at radius 1 is 1.18 bits per heavy atom. The smallest absolute Gasteiger partial charge is 0.420 e. The normalized spacial score (nSPS) is 17.9. The Morgan fingerprint density at radius 3 is 2.54 bits per heavy atom. The van der Waals surface area contributed by atoms with Crippen LogP contribution in [0.1, 0.15) is 58.6 Å². The van der Waals surface area contributed by atoms with Crippen LogP contribution in [0.5, 0.6) is 0 Å². The van der Waals surface area contributed by atoms with E-state index in [1.807, 2.05) is 63.4 Å². The van der Waals surface area contributed by atoms with Gasteiger partial charge in [-0.25, -0.2) is 14.7 Å². The van der Waals surface area contributed by atoms with Crippen LogP contribution in [-0.4, -0.2) is 34.7 Å². The number of carbonyl (C=O) groups excluding carboxylic acids is 1. The monoisotopic (exact) mass is 381 g/mol. The van der Waals surface area contributed by atoms with E-state index in [9.17, 15) is 4.79 Å². The van der Waals surface area contributed by atoms with Crippen LogP contribution in [0, 0.1) is 0 Å². The lowest BCUT2D eigenvalue weighted by atomic mass is 9.96. The summed E-state index contributed by atoms with van der Waals surface area (Å²) < 4.78 is 5.63. The highest BCUT2D eigenvalue weighted by Gasteiger charge is 2.27. The molecule has 0 radical (unpaired) electrons. The van der Waals surface area contributed by atoms with Crippen LogP contribution >= 0.6 is 0 Å². The maximum absolute atomic E-state index is 12.9. The van der Waals surface area contributed by atoms with E-state index < -0.39 is 11.7 Å². The molecule has 1 aliphatic rings. The van der Waals surface area contributed by atoms with Crippen LogP contribution in [-0.2, 0) is 4.74 Å². The van der Waals surface area contributed by atoms with E-state index in [1.54, 1.807) is 0 Å². The fraction of sp³-hybridized carbons (Fsp3) is 0.478. The number of hydrogen-bond donors (Lipinski definition) is 0. The zero-order valence-corrected chi connectivity index (χ0v) is 17.4. The molecule has 28 heavy (non-hydrogen) atoms. The van der Waals surface area contributed by atoms with Crippen LogP contribution < -0.4 is 4.90 Å². The molecular weight excluding hydrogens is 350 g/mol. The number of carbonyl (C=O) groups is 1. The van der Waals surface area contributed by atoms with E-state index in [2.05, 4.69) is 22.9 Å². The fourth-order valence-electron chi connectivity index (χ4n) is 3.69. The number of likely N-dealkylation sites (tertiary alicyclic amines) is 1. The molecule has 1 aromatic carbocycles. The van der Waals surface area contributed by atoms with Gasteiger partial charge in [0.25, 0.3) is 0 Å². The van der Waals surface area contributed by atoms with Crippen LogP contribution in [0.25, 0.3) is 0 Å². The number of pyridine rings is 1. The van der Waals surface area contributed by atoms with Crippen molar-refractivity contribution in [3.63, 3.8) is 0 Å². The molecule has 2 aromatic rings. The third-order valence-corrected chi connectivity index (χ3v) is 4.99. The number of nitrogens with zero attached hydrogens (tertiary/aromatic N) is 3. The van der Waals surface area contributed by atoms with Crippen LogP contribution in [0.2, 0.25) is 0 Å². The first kappa shape index (κ1) is 20.3. The van der Waals surface area contributed by atoms with Gasteiger partial charge in [-0.2, -0.15) is 0 Å². The average molecular weight is 382 g/mol. The van der Waals surface area contributed by atoms with E-state index in [1.165, 1.54) is 23.3 Å². The van der Waals surface area contributed by atoms with Crippen molar-refractivity contribution in [1.82, 2.24) is 9.88 Å². The highest BCUT2D eigenvalue weighted by atomic mass is 16.6. The summed E-state index contributed by atoms with van der Waals surface area (Å²) in [5.74, 6) is 0.572. The number of aromatic nitrogens is 1. The van der Waals surface area contributed by atoms with Crippen molar-refractivity contribution in [2.45, 2.75) is 58.6 Å². The Morgan fingerprint density at radius 2 is 1.93 bits per heavy atom. The van der Waals surface area contributed by atoms with Gasteiger partial charge < -0.3 is 4.74 Å². The number of para-hydroxylation sites is 1. The van der Waals surface area contributed by atoms with E-state index in [4.69, 9.17) is 4.74 Å². The van der Waals surface area contributed by atoms with Crippen LogP contribution in [0.4, 0.5) is 16.3 Å². The molecule has 0 N–H and O–H groups in total. The molecule has 0 saturated carbocycles. The van der Waals surface area contributed by atoms with Crippen molar-refractivity contribution >= 4 is 17.6 Å². The van der Waals surface area contributed by atoms with Gasteiger partial charge in [-0.05, 0) is 70.5 Å². The predicted molar refractivity (Wildman–Crippen MR) is 113 cm³/mol. The molecule has 150 valence electrons. The molecule has 0 bridgehead atoms. The number of rotatable bonds is 4. The van der Waals surface area contributed by atoms with E-state index in [-0.39, 0.29) is 0 Å². The summed E-state index contributed by atoms with van der Waals surface area (Å²) in [5, 5.41) is 0. The number of benzene rings is 1. The molecule has 0 spiro atoms. The van der Waals surface area contributed by atoms with Gasteiger partial charge in [0.1, 0.15) is 11.4 Å². The summed E-state index contributed by atoms with van der Waals surface area (Å²) in [6, 6.07) is 13.9. The fourth-order valence-corrected chi connectivity index (χ4v) is 3.69. The minimum Gasteiger partial charge on any atom is -0.443 e. The second kappa shape index (κ2) is 8.74. The number of ether oxygens (including phenoxy) is 1. The highest BCUT2D eigenvalue weighted by molar-refractivity contribution is 5.95.